The summed E-state index contributed by atoms with van der Waals surface area (Å²) in [7, 11) is 0. The molecule has 1 aromatic heterocycles. The Balaban J connectivity index is 1.65. The van der Waals surface area contributed by atoms with E-state index in [4.69, 9.17) is 16.6 Å². The topological polar surface area (TPSA) is 38.0 Å². The van der Waals surface area contributed by atoms with Crippen LogP contribution >= 0.6 is 27.5 Å². The van der Waals surface area contributed by atoms with Crippen molar-refractivity contribution in [3.05, 3.63) is 195 Å². The number of halogens is 3. The third-order valence-electron chi connectivity index (χ3n) is 7.51. The summed E-state index contributed by atoms with van der Waals surface area (Å²) in [5, 5.41) is 13.0. The maximum Gasteiger partial charge on any atom is 0.158 e. The van der Waals surface area contributed by atoms with Crippen molar-refractivity contribution in [3.63, 3.8) is 0 Å². The summed E-state index contributed by atoms with van der Waals surface area (Å²) in [5.41, 5.74) is 1.67. The fourth-order valence-electron chi connectivity index (χ4n) is 5.55. The lowest BCUT2D eigenvalue weighted by molar-refractivity contribution is 0.120. The maximum absolute atomic E-state index is 14.9. The van der Waals surface area contributed by atoms with Gasteiger partial charge in [-0.2, -0.15) is 0 Å². The number of aromatic nitrogens is 2. The van der Waals surface area contributed by atoms with Crippen LogP contribution in [0.1, 0.15) is 33.5 Å². The van der Waals surface area contributed by atoms with E-state index >= 15 is 0 Å². The molecule has 0 bridgehead atoms. The van der Waals surface area contributed by atoms with Gasteiger partial charge in [0.2, 0.25) is 0 Å². The molecule has 0 aliphatic heterocycles. The Hall–Kier alpha value is -4.03. The summed E-state index contributed by atoms with van der Waals surface area (Å²) >= 11 is 9.43. The molecular weight excluding hydrogens is 599 g/mol. The van der Waals surface area contributed by atoms with Gasteiger partial charge in [-0.1, -0.05) is 121 Å². The van der Waals surface area contributed by atoms with E-state index in [1.165, 1.54) is 6.07 Å². The van der Waals surface area contributed by atoms with Crippen molar-refractivity contribution in [2.75, 3.05) is 0 Å². The molecule has 0 aliphatic carbocycles. The smallest absolute Gasteiger partial charge is 0.158 e. The molecule has 6 rings (SSSR count). The number of rotatable bonds is 7. The summed E-state index contributed by atoms with van der Waals surface area (Å²) in [4.78, 5) is 4.80. The number of benzene rings is 5. The van der Waals surface area contributed by atoms with Crippen molar-refractivity contribution < 1.29 is 9.50 Å². The Morgan fingerprint density at radius 3 is 1.63 bits per heavy atom. The normalized spacial score (nSPS) is 13.1. The third kappa shape index (κ3) is 4.70. The van der Waals surface area contributed by atoms with Crippen molar-refractivity contribution in [2.45, 2.75) is 11.1 Å². The fraction of sp³-hybridized carbons (Fsp3) is 0.0571. The number of imidazole rings is 1. The van der Waals surface area contributed by atoms with Crippen LogP contribution in [0.25, 0.3) is 0 Å². The van der Waals surface area contributed by atoms with Crippen LogP contribution in [0.15, 0.2) is 150 Å². The first-order valence-electron chi connectivity index (χ1n) is 13.1. The van der Waals surface area contributed by atoms with Crippen molar-refractivity contribution in [1.82, 2.24) is 9.55 Å². The Morgan fingerprint density at radius 2 is 1.15 bits per heavy atom. The second-order valence-electron chi connectivity index (χ2n) is 9.82. The van der Waals surface area contributed by atoms with Crippen LogP contribution in [0.4, 0.5) is 4.39 Å². The molecule has 0 saturated heterocycles. The minimum Gasteiger partial charge on any atom is -0.374 e. The second kappa shape index (κ2) is 11.1. The molecule has 0 spiro atoms. The molecule has 1 unspecified atom stereocenters. The highest BCUT2D eigenvalue weighted by molar-refractivity contribution is 9.10. The van der Waals surface area contributed by atoms with Gasteiger partial charge in [-0.15, -0.1) is 0 Å². The zero-order valence-electron chi connectivity index (χ0n) is 21.8. The fourth-order valence-corrected chi connectivity index (χ4v) is 5.93. The molecule has 5 aromatic carbocycles. The summed E-state index contributed by atoms with van der Waals surface area (Å²) in [5.74, 6) is -0.485. The van der Waals surface area contributed by atoms with Gasteiger partial charge in [0.1, 0.15) is 11.4 Å². The van der Waals surface area contributed by atoms with E-state index in [0.29, 0.717) is 26.3 Å². The van der Waals surface area contributed by atoms with E-state index < -0.39 is 17.0 Å². The summed E-state index contributed by atoms with van der Waals surface area (Å²) in [6.07, 6.45) is 3.58. The van der Waals surface area contributed by atoms with E-state index in [1.54, 1.807) is 42.7 Å². The molecule has 41 heavy (non-hydrogen) atoms. The molecule has 1 heterocycles. The maximum atomic E-state index is 14.9. The monoisotopic (exact) mass is 622 g/mol. The van der Waals surface area contributed by atoms with Crippen molar-refractivity contribution in [1.29, 1.82) is 0 Å². The molecule has 1 N–H and O–H groups in total. The van der Waals surface area contributed by atoms with Gasteiger partial charge in [0.05, 0.1) is 16.5 Å². The number of aliphatic hydroxyl groups is 1. The number of nitrogens with zero attached hydrogens (tertiary/aromatic N) is 2. The van der Waals surface area contributed by atoms with Gasteiger partial charge < -0.3 is 9.67 Å². The minimum atomic E-state index is -1.77. The van der Waals surface area contributed by atoms with Crippen molar-refractivity contribution in [3.8, 4) is 0 Å². The zero-order valence-corrected chi connectivity index (χ0v) is 24.2. The van der Waals surface area contributed by atoms with Gasteiger partial charge in [-0.05, 0) is 68.0 Å². The summed E-state index contributed by atoms with van der Waals surface area (Å²) in [6, 6.07) is 42.1. The van der Waals surface area contributed by atoms with E-state index in [-0.39, 0.29) is 0 Å². The lowest BCUT2D eigenvalue weighted by Crippen LogP contribution is -2.37. The molecule has 1 atom stereocenters. The van der Waals surface area contributed by atoms with Crippen LogP contribution in [-0.2, 0) is 11.1 Å². The first kappa shape index (κ1) is 27.2. The van der Waals surface area contributed by atoms with Gasteiger partial charge in [0, 0.05) is 11.2 Å². The Bertz CT molecular complexity index is 1680. The average Bonchev–Trinajstić information content (AvgIpc) is 3.52. The lowest BCUT2D eigenvalue weighted by Gasteiger charge is -2.37. The average molecular weight is 624 g/mol. The van der Waals surface area contributed by atoms with Gasteiger partial charge in [-0.3, -0.25) is 0 Å². The van der Waals surface area contributed by atoms with Crippen LogP contribution in [0, 0.1) is 5.82 Å². The molecule has 202 valence electrons. The second-order valence-corrected chi connectivity index (χ2v) is 11.1. The van der Waals surface area contributed by atoms with Gasteiger partial charge in [-0.25, -0.2) is 9.37 Å². The highest BCUT2D eigenvalue weighted by atomic mass is 79.9. The highest BCUT2D eigenvalue weighted by Crippen LogP contribution is 2.43. The van der Waals surface area contributed by atoms with Crippen LogP contribution in [0.2, 0.25) is 5.02 Å². The molecule has 0 amide bonds. The van der Waals surface area contributed by atoms with Crippen LogP contribution in [-0.4, -0.2) is 14.7 Å². The standard InChI is InChI=1S/C35H25BrClFN2O/c36-31-21-18-29(22-32(31)38)35(41,28-16-19-30(37)20-17-28)33-23-40(24-39-33)34(25-10-4-1-5-11-25,26-12-6-2-7-13-26)27-14-8-3-9-15-27/h1-24,41H. The van der Waals surface area contributed by atoms with Crippen LogP contribution in [0.3, 0.4) is 0 Å². The van der Waals surface area contributed by atoms with Crippen molar-refractivity contribution in [2.24, 2.45) is 0 Å². The third-order valence-corrected chi connectivity index (χ3v) is 8.41. The quantitative estimate of drug-likeness (QED) is 0.181. The molecule has 3 nitrogen and oxygen atoms in total. The summed E-state index contributed by atoms with van der Waals surface area (Å²) < 4.78 is 17.2. The predicted molar refractivity (Wildman–Crippen MR) is 164 cm³/mol. The van der Waals surface area contributed by atoms with Gasteiger partial charge in [0.15, 0.2) is 5.60 Å². The first-order chi connectivity index (χ1) is 19.9. The number of hydrogen-bond donors (Lipinski definition) is 1. The minimum absolute atomic E-state index is 0.307. The van der Waals surface area contributed by atoms with E-state index in [0.717, 1.165) is 16.7 Å². The van der Waals surface area contributed by atoms with Gasteiger partial charge >= 0.3 is 0 Å². The van der Waals surface area contributed by atoms with E-state index in [9.17, 15) is 9.50 Å². The van der Waals surface area contributed by atoms with Gasteiger partial charge in [0.25, 0.3) is 0 Å². The summed E-state index contributed by atoms with van der Waals surface area (Å²) in [6.45, 7) is 0. The van der Waals surface area contributed by atoms with Crippen molar-refractivity contribution >= 4 is 27.5 Å². The Morgan fingerprint density at radius 1 is 0.659 bits per heavy atom. The molecule has 0 aliphatic rings. The Kier molecular flexibility index (Phi) is 7.35. The molecule has 6 aromatic rings. The Labute approximate surface area is 251 Å². The van der Waals surface area contributed by atoms with E-state index in [2.05, 4.69) is 52.3 Å². The predicted octanol–water partition coefficient (Wildman–Crippen LogP) is 8.56. The van der Waals surface area contributed by atoms with E-state index in [1.807, 2.05) is 65.4 Å². The molecule has 0 fully saturated rings. The van der Waals surface area contributed by atoms with Crippen LogP contribution in [0.5, 0.6) is 0 Å². The largest absolute Gasteiger partial charge is 0.374 e. The zero-order chi connectivity index (χ0) is 28.5. The first-order valence-corrected chi connectivity index (χ1v) is 14.3. The SMILES string of the molecule is OC(c1ccc(Cl)cc1)(c1ccc(Br)c(F)c1)c1cn(C(c2ccccc2)(c2ccccc2)c2ccccc2)cn1. The molecule has 0 saturated carbocycles. The molecule has 0 radical (unpaired) electrons. The highest BCUT2D eigenvalue weighted by Gasteiger charge is 2.42. The molecular formula is C35H25BrClFN2O. The number of hydrogen-bond acceptors (Lipinski definition) is 2. The van der Waals surface area contributed by atoms with Crippen LogP contribution < -0.4 is 0 Å². The lowest BCUT2D eigenvalue weighted by atomic mass is 9.76. The molecule has 6 heteroatoms.